The Hall–Kier alpha value is -2.77. The van der Waals surface area contributed by atoms with Crippen LogP contribution in [0.5, 0.6) is 0 Å². The first-order valence-corrected chi connectivity index (χ1v) is 9.77. The number of nitriles is 1. The van der Waals surface area contributed by atoms with Crippen molar-refractivity contribution in [2.75, 3.05) is 13.2 Å². The summed E-state index contributed by atoms with van der Waals surface area (Å²) in [4.78, 5) is 26.0. The second-order valence-electron chi connectivity index (χ2n) is 7.89. The molecule has 0 aromatic heterocycles. The van der Waals surface area contributed by atoms with Gasteiger partial charge in [0.2, 0.25) is 0 Å². The third-order valence-electron chi connectivity index (χ3n) is 5.37. The number of nitrogens with zero attached hydrogens (tertiary/aromatic N) is 2. The Morgan fingerprint density at radius 2 is 1.87 bits per heavy atom. The van der Waals surface area contributed by atoms with Gasteiger partial charge in [-0.3, -0.25) is 5.32 Å². The number of carbonyl (C=O) groups excluding carboxylic acids is 2. The molecular formula is C20H25F2N5O3. The molecular weight excluding hydrogens is 396 g/mol. The minimum absolute atomic E-state index is 0.251. The first-order valence-electron chi connectivity index (χ1n) is 9.77. The van der Waals surface area contributed by atoms with Crippen molar-refractivity contribution in [2.24, 2.45) is 0 Å². The molecule has 2 fully saturated rings. The largest absolute Gasteiger partial charge is 0.381 e. The van der Waals surface area contributed by atoms with Crippen molar-refractivity contribution in [3.8, 4) is 6.07 Å². The molecule has 162 valence electrons. The van der Waals surface area contributed by atoms with Crippen LogP contribution in [0.1, 0.15) is 43.9 Å². The normalized spacial score (nSPS) is 19.9. The summed E-state index contributed by atoms with van der Waals surface area (Å²) in [7, 11) is 0. The summed E-state index contributed by atoms with van der Waals surface area (Å²) in [5.41, 5.74) is -0.00119. The zero-order chi connectivity index (χ0) is 21.9. The molecule has 0 spiro atoms. The minimum atomic E-state index is -2.81. The van der Waals surface area contributed by atoms with E-state index in [9.17, 15) is 23.6 Å². The molecule has 2 heterocycles. The quantitative estimate of drug-likeness (QED) is 0.655. The Morgan fingerprint density at radius 3 is 2.43 bits per heavy atom. The van der Waals surface area contributed by atoms with Crippen LogP contribution < -0.4 is 16.0 Å². The van der Waals surface area contributed by atoms with Gasteiger partial charge in [-0.05, 0) is 37.8 Å². The molecule has 8 nitrogen and oxygen atoms in total. The van der Waals surface area contributed by atoms with E-state index in [1.54, 1.807) is 26.0 Å². The molecule has 4 amide bonds. The topological polar surface area (TPSA) is 106 Å². The number of imide groups is 1. The maximum Gasteiger partial charge on any atom is 0.328 e. The maximum absolute atomic E-state index is 13.8. The summed E-state index contributed by atoms with van der Waals surface area (Å²) in [6.07, 6.45) is -2.92. The van der Waals surface area contributed by atoms with Crippen LogP contribution in [-0.2, 0) is 10.2 Å². The molecule has 10 heteroatoms. The fraction of sp³-hybridized carbons (Fsp3) is 0.550. The number of hydrogen-bond acceptors (Lipinski definition) is 5. The summed E-state index contributed by atoms with van der Waals surface area (Å²) in [5, 5.41) is 17.0. The fourth-order valence-corrected chi connectivity index (χ4v) is 3.55. The van der Waals surface area contributed by atoms with Crippen LogP contribution in [0.3, 0.4) is 0 Å². The Balaban J connectivity index is 1.74. The molecule has 3 N–H and O–H groups in total. The lowest BCUT2D eigenvalue weighted by Gasteiger charge is -2.39. The van der Waals surface area contributed by atoms with E-state index in [0.717, 1.165) is 4.90 Å². The predicted octanol–water partition coefficient (Wildman–Crippen LogP) is 2.58. The van der Waals surface area contributed by atoms with E-state index in [2.05, 4.69) is 22.0 Å². The van der Waals surface area contributed by atoms with Gasteiger partial charge in [0.15, 0.2) is 6.29 Å². The number of benzene rings is 1. The van der Waals surface area contributed by atoms with Gasteiger partial charge in [0, 0.05) is 19.3 Å². The Morgan fingerprint density at radius 1 is 1.23 bits per heavy atom. The van der Waals surface area contributed by atoms with E-state index in [-0.39, 0.29) is 11.6 Å². The number of ether oxygens (including phenoxy) is 1. The van der Waals surface area contributed by atoms with Gasteiger partial charge in [-0.15, -0.1) is 0 Å². The van der Waals surface area contributed by atoms with Gasteiger partial charge < -0.3 is 15.4 Å². The van der Waals surface area contributed by atoms with Gasteiger partial charge in [-0.25, -0.2) is 23.3 Å². The van der Waals surface area contributed by atoms with Gasteiger partial charge in [0.25, 0.3) is 6.43 Å². The molecule has 1 aromatic rings. The van der Waals surface area contributed by atoms with Crippen LogP contribution in [0.25, 0.3) is 0 Å². The second-order valence-corrected chi connectivity index (χ2v) is 7.89. The van der Waals surface area contributed by atoms with Gasteiger partial charge in [0.05, 0.1) is 17.5 Å². The highest BCUT2D eigenvalue weighted by Crippen LogP contribution is 2.28. The number of alkyl halides is 2. The average Bonchev–Trinajstić information content (AvgIpc) is 2.72. The smallest absolute Gasteiger partial charge is 0.328 e. The van der Waals surface area contributed by atoms with Crippen molar-refractivity contribution in [3.63, 3.8) is 0 Å². The van der Waals surface area contributed by atoms with Crippen molar-refractivity contribution < 1.29 is 23.1 Å². The molecule has 2 saturated heterocycles. The molecule has 0 saturated carbocycles. The number of halogens is 2. The highest BCUT2D eigenvalue weighted by atomic mass is 19.3. The number of urea groups is 2. The lowest BCUT2D eigenvalue weighted by atomic mass is 9.85. The van der Waals surface area contributed by atoms with E-state index < -0.39 is 36.2 Å². The Kier molecular flexibility index (Phi) is 6.53. The first kappa shape index (κ1) is 21.9. The van der Waals surface area contributed by atoms with E-state index >= 15 is 0 Å². The highest BCUT2D eigenvalue weighted by Gasteiger charge is 2.38. The van der Waals surface area contributed by atoms with E-state index in [4.69, 9.17) is 4.74 Å². The minimum Gasteiger partial charge on any atom is -0.381 e. The Labute approximate surface area is 173 Å². The molecule has 2 aliphatic heterocycles. The van der Waals surface area contributed by atoms with E-state index in [0.29, 0.717) is 31.6 Å². The summed E-state index contributed by atoms with van der Waals surface area (Å²) in [6.45, 7) is 4.30. The molecule has 0 unspecified atom stereocenters. The highest BCUT2D eigenvalue weighted by molar-refractivity contribution is 5.96. The van der Waals surface area contributed by atoms with Crippen LogP contribution in [0.15, 0.2) is 24.3 Å². The second kappa shape index (κ2) is 8.93. The number of carbonyl (C=O) groups is 2. The summed E-state index contributed by atoms with van der Waals surface area (Å²) in [5.74, 6) is 0. The zero-order valence-electron chi connectivity index (χ0n) is 16.8. The molecule has 30 heavy (non-hydrogen) atoms. The first-order chi connectivity index (χ1) is 14.2. The monoisotopic (exact) mass is 421 g/mol. The maximum atomic E-state index is 13.8. The molecule has 1 atom stereocenters. The van der Waals surface area contributed by atoms with E-state index in [1.165, 1.54) is 12.1 Å². The molecule has 0 aliphatic carbocycles. The van der Waals surface area contributed by atoms with E-state index in [1.807, 2.05) is 0 Å². The standard InChI is InChI=1S/C20H25F2N5O3/c1-20(2,11-23)13-5-3-4-12(10-13)15(16(21)22)24-17-25-18(28)27(19(29)26-17)14-6-8-30-9-7-14/h3-5,10,14-17,24H,6-9H2,1-2H3,(H,25,28)(H,26,29)/t15-/m1/s1. The molecule has 0 bridgehead atoms. The van der Waals surface area contributed by atoms with Crippen molar-refractivity contribution in [1.29, 1.82) is 5.26 Å². The van der Waals surface area contributed by atoms with Crippen molar-refractivity contribution in [3.05, 3.63) is 35.4 Å². The van der Waals surface area contributed by atoms with Crippen molar-refractivity contribution >= 4 is 12.1 Å². The van der Waals surface area contributed by atoms with Crippen molar-refractivity contribution in [2.45, 2.75) is 56.9 Å². The van der Waals surface area contributed by atoms with Crippen molar-refractivity contribution in [1.82, 2.24) is 20.9 Å². The number of amides is 4. The average molecular weight is 421 g/mol. The molecule has 1 aromatic carbocycles. The van der Waals surface area contributed by atoms with Crippen LogP contribution in [0.4, 0.5) is 18.4 Å². The lowest BCUT2D eigenvalue weighted by Crippen LogP contribution is -2.70. The Bertz CT molecular complexity index is 818. The lowest BCUT2D eigenvalue weighted by molar-refractivity contribution is 0.0457. The van der Waals surface area contributed by atoms with Crippen LogP contribution in [0.2, 0.25) is 0 Å². The number of nitrogens with one attached hydrogen (secondary N) is 3. The third kappa shape index (κ3) is 4.68. The molecule has 0 radical (unpaired) electrons. The fourth-order valence-electron chi connectivity index (χ4n) is 3.55. The van der Waals surface area contributed by atoms with Crippen LogP contribution in [-0.4, -0.2) is 48.9 Å². The summed E-state index contributed by atoms with van der Waals surface area (Å²) >= 11 is 0. The summed E-state index contributed by atoms with van der Waals surface area (Å²) in [6, 6.07) is 5.46. The number of rotatable bonds is 6. The summed E-state index contributed by atoms with van der Waals surface area (Å²) < 4.78 is 32.9. The zero-order valence-corrected chi connectivity index (χ0v) is 16.8. The SMILES string of the molecule is CC(C)(C#N)c1cccc([C@@H](NC2NC(=O)N(C3CCOCC3)C(=O)N2)C(F)F)c1. The van der Waals surface area contributed by atoms with Crippen LogP contribution >= 0.6 is 0 Å². The molecule has 3 rings (SSSR count). The van der Waals surface area contributed by atoms with Crippen LogP contribution in [0, 0.1) is 11.3 Å². The number of hydrogen-bond donors (Lipinski definition) is 3. The molecule has 2 aliphatic rings. The van der Waals surface area contributed by atoms with Gasteiger partial charge in [-0.1, -0.05) is 24.3 Å². The third-order valence-corrected chi connectivity index (χ3v) is 5.37. The van der Waals surface area contributed by atoms with Gasteiger partial charge >= 0.3 is 12.1 Å². The van der Waals surface area contributed by atoms with Gasteiger partial charge in [-0.2, -0.15) is 5.26 Å². The predicted molar refractivity (Wildman–Crippen MR) is 103 cm³/mol. The van der Waals surface area contributed by atoms with Gasteiger partial charge in [0.1, 0.15) is 0 Å².